The van der Waals surface area contributed by atoms with Crippen molar-refractivity contribution in [3.63, 3.8) is 0 Å². The van der Waals surface area contributed by atoms with Gasteiger partial charge in [0.05, 0.1) is 0 Å². The Balaban J connectivity index is 0.000000202. The summed E-state index contributed by atoms with van der Waals surface area (Å²) in [5, 5.41) is 9.41. The van der Waals surface area contributed by atoms with E-state index in [0.29, 0.717) is 11.7 Å². The fourth-order valence-electron chi connectivity index (χ4n) is 1.52. The first-order valence-electron chi connectivity index (χ1n) is 5.91. The van der Waals surface area contributed by atoms with Crippen molar-refractivity contribution in [1.29, 1.82) is 0 Å². The molecule has 2 rings (SSSR count). The second kappa shape index (κ2) is 6.74. The third-order valence-electron chi connectivity index (χ3n) is 2.47. The number of phenolic OH excluding ortho intramolecular Hbond substituents is 1. The molecule has 1 heteroatoms. The lowest BCUT2D eigenvalue weighted by atomic mass is 10.0. The molecule has 0 atom stereocenters. The average molecular weight is 228 g/mol. The van der Waals surface area contributed by atoms with E-state index in [1.54, 1.807) is 6.07 Å². The van der Waals surface area contributed by atoms with Gasteiger partial charge in [-0.3, -0.25) is 0 Å². The van der Waals surface area contributed by atoms with E-state index in [1.165, 1.54) is 5.56 Å². The summed E-state index contributed by atoms with van der Waals surface area (Å²) in [5.41, 5.74) is 2.23. The van der Waals surface area contributed by atoms with Gasteiger partial charge >= 0.3 is 0 Å². The Morgan fingerprint density at radius 1 is 0.882 bits per heavy atom. The number of hydrogen-bond acceptors (Lipinski definition) is 1. The van der Waals surface area contributed by atoms with Gasteiger partial charge in [-0.05, 0) is 24.5 Å². The molecule has 0 spiro atoms. The van der Waals surface area contributed by atoms with Crippen molar-refractivity contribution in [2.45, 2.75) is 26.7 Å². The number of aryl methyl sites for hydroxylation is 1. The summed E-state index contributed by atoms with van der Waals surface area (Å²) in [6.07, 6.45) is 0. The van der Waals surface area contributed by atoms with Crippen LogP contribution >= 0.6 is 0 Å². The lowest BCUT2D eigenvalue weighted by molar-refractivity contribution is 0.464. The largest absolute Gasteiger partial charge is 0.508 e. The fourth-order valence-corrected chi connectivity index (χ4v) is 1.52. The van der Waals surface area contributed by atoms with E-state index in [1.807, 2.05) is 55.5 Å². The van der Waals surface area contributed by atoms with Crippen molar-refractivity contribution in [2.75, 3.05) is 0 Å². The Kier molecular flexibility index (Phi) is 5.28. The quantitative estimate of drug-likeness (QED) is 0.761. The van der Waals surface area contributed by atoms with Crippen LogP contribution in [-0.4, -0.2) is 5.11 Å². The second-order valence-electron chi connectivity index (χ2n) is 4.37. The van der Waals surface area contributed by atoms with Crippen molar-refractivity contribution in [1.82, 2.24) is 0 Å². The molecule has 0 amide bonds. The Labute approximate surface area is 104 Å². The van der Waals surface area contributed by atoms with E-state index in [2.05, 4.69) is 13.8 Å². The predicted molar refractivity (Wildman–Crippen MR) is 73.4 cm³/mol. The maximum absolute atomic E-state index is 9.41. The van der Waals surface area contributed by atoms with Crippen LogP contribution < -0.4 is 0 Å². The van der Waals surface area contributed by atoms with Crippen LogP contribution in [0.15, 0.2) is 54.6 Å². The van der Waals surface area contributed by atoms with Crippen molar-refractivity contribution in [2.24, 2.45) is 0 Å². The zero-order valence-corrected chi connectivity index (χ0v) is 10.7. The van der Waals surface area contributed by atoms with Crippen molar-refractivity contribution >= 4 is 0 Å². The van der Waals surface area contributed by atoms with E-state index >= 15 is 0 Å². The van der Waals surface area contributed by atoms with Crippen molar-refractivity contribution in [3.8, 4) is 5.75 Å². The van der Waals surface area contributed by atoms with Crippen LogP contribution in [0, 0.1) is 6.92 Å². The molecule has 17 heavy (non-hydrogen) atoms. The molecular formula is C16H20O. The first kappa shape index (κ1) is 13.3. The van der Waals surface area contributed by atoms with Crippen LogP contribution in [-0.2, 0) is 0 Å². The highest BCUT2D eigenvalue weighted by Gasteiger charge is 2.04. The van der Waals surface area contributed by atoms with Gasteiger partial charge in [0.2, 0.25) is 0 Å². The van der Waals surface area contributed by atoms with Gasteiger partial charge in [-0.2, -0.15) is 0 Å². The Bertz CT molecular complexity index is 406. The molecule has 90 valence electrons. The second-order valence-corrected chi connectivity index (χ2v) is 4.37. The van der Waals surface area contributed by atoms with Crippen LogP contribution in [0.2, 0.25) is 0 Å². The average Bonchev–Trinajstić information content (AvgIpc) is 2.35. The molecule has 2 aromatic rings. The van der Waals surface area contributed by atoms with Crippen molar-refractivity contribution in [3.05, 3.63) is 65.7 Å². The summed E-state index contributed by atoms with van der Waals surface area (Å²) in [6.45, 7) is 6.19. The van der Waals surface area contributed by atoms with Gasteiger partial charge in [0, 0.05) is 0 Å². The summed E-state index contributed by atoms with van der Waals surface area (Å²) in [4.78, 5) is 0. The maximum Gasteiger partial charge on any atom is 0.119 e. The molecule has 0 unspecified atom stereocenters. The topological polar surface area (TPSA) is 20.2 Å². The van der Waals surface area contributed by atoms with E-state index in [4.69, 9.17) is 0 Å². The molecule has 0 saturated carbocycles. The van der Waals surface area contributed by atoms with Gasteiger partial charge in [-0.25, -0.2) is 0 Å². The molecule has 0 aliphatic carbocycles. The minimum absolute atomic E-state index is 0.398. The van der Waals surface area contributed by atoms with Gasteiger partial charge < -0.3 is 5.11 Å². The molecule has 0 saturated heterocycles. The minimum atomic E-state index is 0.398. The monoisotopic (exact) mass is 228 g/mol. The lowest BCUT2D eigenvalue weighted by Crippen LogP contribution is -1.88. The first-order valence-corrected chi connectivity index (χ1v) is 5.91. The van der Waals surface area contributed by atoms with Crippen LogP contribution in [0.1, 0.15) is 30.9 Å². The van der Waals surface area contributed by atoms with E-state index in [0.717, 1.165) is 5.56 Å². The van der Waals surface area contributed by atoms with Crippen LogP contribution in [0.3, 0.4) is 0 Å². The molecule has 1 nitrogen and oxygen atoms in total. The zero-order valence-electron chi connectivity index (χ0n) is 10.7. The Hall–Kier alpha value is -1.76. The number of phenols is 1. The first-order chi connectivity index (χ1) is 8.11. The molecular weight excluding hydrogens is 208 g/mol. The van der Waals surface area contributed by atoms with E-state index in [9.17, 15) is 5.11 Å². The molecule has 2 aromatic carbocycles. The summed E-state index contributed by atoms with van der Waals surface area (Å²) in [6, 6.07) is 17.7. The van der Waals surface area contributed by atoms with Gasteiger partial charge in [0.1, 0.15) is 5.75 Å². The van der Waals surface area contributed by atoms with E-state index < -0.39 is 0 Å². The summed E-state index contributed by atoms with van der Waals surface area (Å²) >= 11 is 0. The molecule has 0 bridgehead atoms. The van der Waals surface area contributed by atoms with Gasteiger partial charge in [0.15, 0.2) is 0 Å². The highest BCUT2D eigenvalue weighted by molar-refractivity contribution is 5.37. The SMILES string of the molecule is Cc1ccc(O)c(C(C)C)c1.c1ccccc1. The third-order valence-corrected chi connectivity index (χ3v) is 2.47. The molecule has 0 heterocycles. The normalized spacial score (nSPS) is 9.65. The number of benzene rings is 2. The van der Waals surface area contributed by atoms with E-state index in [-0.39, 0.29) is 0 Å². The zero-order chi connectivity index (χ0) is 12.7. The summed E-state index contributed by atoms with van der Waals surface area (Å²) in [5.74, 6) is 0.806. The highest BCUT2D eigenvalue weighted by Crippen LogP contribution is 2.25. The van der Waals surface area contributed by atoms with Gasteiger partial charge in [-0.1, -0.05) is 67.9 Å². The fraction of sp³-hybridized carbons (Fsp3) is 0.250. The summed E-state index contributed by atoms with van der Waals surface area (Å²) in [7, 11) is 0. The Morgan fingerprint density at radius 3 is 1.71 bits per heavy atom. The van der Waals surface area contributed by atoms with Gasteiger partial charge in [-0.15, -0.1) is 0 Å². The number of rotatable bonds is 1. The minimum Gasteiger partial charge on any atom is -0.508 e. The number of aromatic hydroxyl groups is 1. The predicted octanol–water partition coefficient (Wildman–Crippen LogP) is 4.51. The third kappa shape index (κ3) is 4.73. The highest BCUT2D eigenvalue weighted by atomic mass is 16.3. The lowest BCUT2D eigenvalue weighted by Gasteiger charge is -2.08. The van der Waals surface area contributed by atoms with Crippen LogP contribution in [0.5, 0.6) is 5.75 Å². The maximum atomic E-state index is 9.41. The number of hydrogen-bond donors (Lipinski definition) is 1. The standard InChI is InChI=1S/C10H14O.C6H6/c1-7(2)9-6-8(3)4-5-10(9)11;1-2-4-6-5-3-1/h4-7,11H,1-3H3;1-6H. The molecule has 1 N–H and O–H groups in total. The smallest absolute Gasteiger partial charge is 0.119 e. The molecule has 0 radical (unpaired) electrons. The Morgan fingerprint density at radius 2 is 1.35 bits per heavy atom. The summed E-state index contributed by atoms with van der Waals surface area (Å²) < 4.78 is 0. The van der Waals surface area contributed by atoms with Gasteiger partial charge in [0.25, 0.3) is 0 Å². The molecule has 0 aromatic heterocycles. The molecule has 0 fully saturated rings. The van der Waals surface area contributed by atoms with Crippen LogP contribution in [0.4, 0.5) is 0 Å². The molecule has 0 aliphatic rings. The van der Waals surface area contributed by atoms with Crippen molar-refractivity contribution < 1.29 is 5.11 Å². The molecule has 0 aliphatic heterocycles. The van der Waals surface area contributed by atoms with Crippen LogP contribution in [0.25, 0.3) is 0 Å².